The van der Waals surface area contributed by atoms with Gasteiger partial charge in [0, 0.05) is 17.3 Å². The Labute approximate surface area is 142 Å². The smallest absolute Gasteiger partial charge is 0.329 e. The van der Waals surface area contributed by atoms with Gasteiger partial charge in [-0.3, -0.25) is 19.7 Å². The number of amides is 2. The Bertz CT molecular complexity index is 863. The largest absolute Gasteiger partial charge is 0.502 e. The molecule has 0 radical (unpaired) electrons. The number of hydrazone groups is 1. The van der Waals surface area contributed by atoms with Crippen LogP contribution in [0.4, 0.5) is 11.4 Å². The Kier molecular flexibility index (Phi) is 5.41. The monoisotopic (exact) mass is 342 g/mol. The molecule has 0 bridgehead atoms. The Hall–Kier alpha value is -3.75. The standard InChI is InChI=1S/C16H14N4O5/c1-10-3-2-4-12(7-10)18-15(22)16(23)19-17-9-11-5-6-14(21)13(8-11)20(24)25/h2-9,21H,1H3,(H,18,22)(H,19,23)/b17-9+. The van der Waals surface area contributed by atoms with Crippen LogP contribution in [0.15, 0.2) is 47.6 Å². The highest BCUT2D eigenvalue weighted by Gasteiger charge is 2.14. The van der Waals surface area contributed by atoms with Crippen molar-refractivity contribution in [2.45, 2.75) is 6.92 Å². The average molecular weight is 342 g/mol. The molecule has 0 heterocycles. The van der Waals surface area contributed by atoms with Crippen molar-refractivity contribution in [3.05, 3.63) is 63.7 Å². The summed E-state index contributed by atoms with van der Waals surface area (Å²) < 4.78 is 0. The molecule has 0 aliphatic carbocycles. The second-order valence-corrected chi connectivity index (χ2v) is 5.03. The molecule has 0 atom stereocenters. The van der Waals surface area contributed by atoms with Crippen LogP contribution in [0, 0.1) is 17.0 Å². The summed E-state index contributed by atoms with van der Waals surface area (Å²) in [5, 5.41) is 26.0. The van der Waals surface area contributed by atoms with Crippen LogP contribution in [-0.2, 0) is 9.59 Å². The number of nitro groups is 1. The highest BCUT2D eigenvalue weighted by atomic mass is 16.6. The zero-order valence-corrected chi connectivity index (χ0v) is 13.1. The van der Waals surface area contributed by atoms with Gasteiger partial charge >= 0.3 is 17.5 Å². The first-order chi connectivity index (χ1) is 11.9. The molecule has 2 rings (SSSR count). The number of nitrogens with zero attached hydrogens (tertiary/aromatic N) is 2. The van der Waals surface area contributed by atoms with Gasteiger partial charge in [0.2, 0.25) is 0 Å². The van der Waals surface area contributed by atoms with Crippen molar-refractivity contribution in [1.82, 2.24) is 5.43 Å². The minimum Gasteiger partial charge on any atom is -0.502 e. The zero-order valence-electron chi connectivity index (χ0n) is 13.1. The maximum atomic E-state index is 11.7. The van der Waals surface area contributed by atoms with Crippen LogP contribution in [0.1, 0.15) is 11.1 Å². The fraction of sp³-hybridized carbons (Fsp3) is 0.0625. The highest BCUT2D eigenvalue weighted by molar-refractivity contribution is 6.39. The lowest BCUT2D eigenvalue weighted by molar-refractivity contribution is -0.385. The molecule has 0 saturated carbocycles. The van der Waals surface area contributed by atoms with E-state index < -0.39 is 28.2 Å². The first kappa shape index (κ1) is 17.6. The molecule has 128 valence electrons. The molecular weight excluding hydrogens is 328 g/mol. The fourth-order valence-electron chi connectivity index (χ4n) is 1.89. The number of anilines is 1. The van der Waals surface area contributed by atoms with Crippen LogP contribution >= 0.6 is 0 Å². The number of benzene rings is 2. The van der Waals surface area contributed by atoms with Crippen molar-refractivity contribution in [3.63, 3.8) is 0 Å². The van der Waals surface area contributed by atoms with Crippen LogP contribution in [0.5, 0.6) is 5.75 Å². The van der Waals surface area contributed by atoms with Crippen LogP contribution in [0.25, 0.3) is 0 Å². The van der Waals surface area contributed by atoms with Gasteiger partial charge in [-0.1, -0.05) is 12.1 Å². The Morgan fingerprint density at radius 2 is 1.96 bits per heavy atom. The van der Waals surface area contributed by atoms with Crippen molar-refractivity contribution in [2.24, 2.45) is 5.10 Å². The Morgan fingerprint density at radius 1 is 1.20 bits per heavy atom. The third kappa shape index (κ3) is 4.86. The lowest BCUT2D eigenvalue weighted by atomic mass is 10.2. The van der Waals surface area contributed by atoms with E-state index in [0.717, 1.165) is 23.9 Å². The van der Waals surface area contributed by atoms with E-state index in [1.54, 1.807) is 18.2 Å². The third-order valence-corrected chi connectivity index (χ3v) is 3.06. The summed E-state index contributed by atoms with van der Waals surface area (Å²) in [6.45, 7) is 1.84. The van der Waals surface area contributed by atoms with Gasteiger partial charge in [-0.05, 0) is 36.8 Å². The number of carbonyl (C=O) groups is 2. The molecule has 0 fully saturated rings. The number of aryl methyl sites for hydroxylation is 1. The van der Waals surface area contributed by atoms with E-state index in [1.165, 1.54) is 6.07 Å². The minimum absolute atomic E-state index is 0.267. The Morgan fingerprint density at radius 3 is 2.64 bits per heavy atom. The molecule has 0 spiro atoms. The van der Waals surface area contributed by atoms with Crippen molar-refractivity contribution in [3.8, 4) is 5.75 Å². The minimum atomic E-state index is -0.994. The summed E-state index contributed by atoms with van der Waals surface area (Å²) >= 11 is 0. The summed E-state index contributed by atoms with van der Waals surface area (Å²) in [4.78, 5) is 33.4. The average Bonchev–Trinajstić information content (AvgIpc) is 2.56. The number of aromatic hydroxyl groups is 1. The van der Waals surface area contributed by atoms with E-state index in [1.807, 2.05) is 18.4 Å². The van der Waals surface area contributed by atoms with E-state index in [2.05, 4.69) is 10.4 Å². The van der Waals surface area contributed by atoms with Gasteiger partial charge in [0.15, 0.2) is 5.75 Å². The second kappa shape index (κ2) is 7.68. The molecule has 0 aliphatic rings. The molecule has 3 N–H and O–H groups in total. The topological polar surface area (TPSA) is 134 Å². The van der Waals surface area contributed by atoms with Gasteiger partial charge in [0.25, 0.3) is 0 Å². The number of phenols is 1. The molecule has 0 saturated heterocycles. The van der Waals surface area contributed by atoms with Gasteiger partial charge in [-0.15, -0.1) is 0 Å². The maximum absolute atomic E-state index is 11.7. The zero-order chi connectivity index (χ0) is 18.4. The van der Waals surface area contributed by atoms with Crippen LogP contribution < -0.4 is 10.7 Å². The van der Waals surface area contributed by atoms with E-state index in [4.69, 9.17) is 0 Å². The lowest BCUT2D eigenvalue weighted by Gasteiger charge is -2.04. The van der Waals surface area contributed by atoms with Crippen molar-refractivity contribution in [1.29, 1.82) is 0 Å². The summed E-state index contributed by atoms with van der Waals surface area (Å²) in [7, 11) is 0. The molecule has 2 aromatic carbocycles. The fourth-order valence-corrected chi connectivity index (χ4v) is 1.89. The number of nitro benzene ring substituents is 1. The van der Waals surface area contributed by atoms with Crippen LogP contribution in [0.2, 0.25) is 0 Å². The highest BCUT2D eigenvalue weighted by Crippen LogP contribution is 2.25. The van der Waals surface area contributed by atoms with E-state index in [0.29, 0.717) is 5.69 Å². The number of phenolic OH excluding ortho intramolecular Hbond substituents is 1. The lowest BCUT2D eigenvalue weighted by Crippen LogP contribution is -2.32. The summed E-state index contributed by atoms with van der Waals surface area (Å²) in [6, 6.07) is 10.5. The van der Waals surface area contributed by atoms with Gasteiger partial charge in [-0.25, -0.2) is 5.43 Å². The van der Waals surface area contributed by atoms with E-state index in [-0.39, 0.29) is 5.56 Å². The SMILES string of the molecule is Cc1cccc(NC(=O)C(=O)N/N=C/c2ccc(O)c([N+](=O)[O-])c2)c1. The molecule has 9 nitrogen and oxygen atoms in total. The van der Waals surface area contributed by atoms with Gasteiger partial charge in [0.05, 0.1) is 11.1 Å². The second-order valence-electron chi connectivity index (χ2n) is 5.03. The molecule has 2 amide bonds. The normalized spacial score (nSPS) is 10.4. The Balaban J connectivity index is 1.97. The molecular formula is C16H14N4O5. The third-order valence-electron chi connectivity index (χ3n) is 3.06. The molecule has 0 unspecified atom stereocenters. The molecule has 2 aromatic rings. The van der Waals surface area contributed by atoms with Crippen molar-refractivity contribution in [2.75, 3.05) is 5.32 Å². The van der Waals surface area contributed by atoms with E-state index in [9.17, 15) is 24.8 Å². The number of carbonyl (C=O) groups excluding carboxylic acids is 2. The quantitative estimate of drug-likeness (QED) is 0.336. The summed E-state index contributed by atoms with van der Waals surface area (Å²) in [5.74, 6) is -2.38. The maximum Gasteiger partial charge on any atom is 0.329 e. The number of nitrogens with one attached hydrogen (secondary N) is 2. The van der Waals surface area contributed by atoms with Gasteiger partial charge < -0.3 is 10.4 Å². The first-order valence-corrected chi connectivity index (χ1v) is 7.05. The number of rotatable bonds is 4. The predicted octanol–water partition coefficient (Wildman–Crippen LogP) is 1.70. The molecule has 0 aliphatic heterocycles. The molecule has 25 heavy (non-hydrogen) atoms. The first-order valence-electron chi connectivity index (χ1n) is 7.05. The summed E-state index contributed by atoms with van der Waals surface area (Å²) in [5.41, 5.74) is 3.18. The molecule has 9 heteroatoms. The summed E-state index contributed by atoms with van der Waals surface area (Å²) in [6.07, 6.45) is 1.12. The van der Waals surface area contributed by atoms with Gasteiger partial charge in [-0.2, -0.15) is 5.10 Å². The van der Waals surface area contributed by atoms with Crippen molar-refractivity contribution < 1.29 is 19.6 Å². The number of hydrogen-bond donors (Lipinski definition) is 3. The van der Waals surface area contributed by atoms with Crippen LogP contribution in [0.3, 0.4) is 0 Å². The predicted molar refractivity (Wildman–Crippen MR) is 90.3 cm³/mol. The van der Waals surface area contributed by atoms with Gasteiger partial charge in [0.1, 0.15) is 0 Å². The number of hydrogen-bond acceptors (Lipinski definition) is 6. The van der Waals surface area contributed by atoms with Crippen molar-refractivity contribution >= 4 is 29.4 Å². The molecule has 0 aromatic heterocycles. The van der Waals surface area contributed by atoms with Crippen LogP contribution in [-0.4, -0.2) is 28.1 Å². The van der Waals surface area contributed by atoms with E-state index >= 15 is 0 Å².